The van der Waals surface area contributed by atoms with Gasteiger partial charge in [0.25, 0.3) is 0 Å². The Morgan fingerprint density at radius 3 is 2.77 bits per heavy atom. The first kappa shape index (κ1) is 18.4. The van der Waals surface area contributed by atoms with E-state index in [9.17, 15) is 9.18 Å². The summed E-state index contributed by atoms with van der Waals surface area (Å²) in [5.74, 6) is 0.378. The molecular formula is C19H15Cl2FN2O2. The topological polar surface area (TPSA) is 55.1 Å². The van der Waals surface area contributed by atoms with E-state index in [1.54, 1.807) is 42.6 Å². The normalized spacial score (nSPS) is 10.7. The summed E-state index contributed by atoms with van der Waals surface area (Å²) in [6.45, 7) is 0.142. The van der Waals surface area contributed by atoms with E-state index in [2.05, 4.69) is 10.3 Å². The molecule has 4 nitrogen and oxygen atoms in total. The molecule has 0 bridgehead atoms. The predicted octanol–water partition coefficient (Wildman–Crippen LogP) is 5.04. The van der Waals surface area contributed by atoms with Crippen LogP contribution in [0.2, 0.25) is 10.0 Å². The van der Waals surface area contributed by atoms with Crippen LogP contribution in [-0.2, 0) is 17.8 Å². The van der Waals surface area contributed by atoms with Gasteiger partial charge in [0.15, 0.2) is 11.7 Å². The van der Waals surface area contributed by atoms with Crippen molar-refractivity contribution in [1.82, 2.24) is 10.3 Å². The number of nitrogens with one attached hydrogen (secondary N) is 1. The van der Waals surface area contributed by atoms with Crippen molar-refractivity contribution >= 4 is 29.1 Å². The Morgan fingerprint density at radius 2 is 2.00 bits per heavy atom. The molecule has 0 radical (unpaired) electrons. The molecule has 0 saturated carbocycles. The lowest BCUT2D eigenvalue weighted by Gasteiger charge is -2.05. The Hall–Kier alpha value is -2.37. The van der Waals surface area contributed by atoms with E-state index in [1.165, 1.54) is 6.07 Å². The summed E-state index contributed by atoms with van der Waals surface area (Å²) in [6.07, 6.45) is 2.07. The van der Waals surface area contributed by atoms with Crippen LogP contribution in [-0.4, -0.2) is 10.9 Å². The first-order valence-corrected chi connectivity index (χ1v) is 8.69. The molecule has 3 aromatic rings. The van der Waals surface area contributed by atoms with Crippen molar-refractivity contribution in [3.63, 3.8) is 0 Å². The van der Waals surface area contributed by atoms with Gasteiger partial charge in [0.1, 0.15) is 5.82 Å². The van der Waals surface area contributed by atoms with Crippen LogP contribution in [0.1, 0.15) is 17.9 Å². The van der Waals surface area contributed by atoms with Crippen molar-refractivity contribution in [2.45, 2.75) is 19.4 Å². The zero-order chi connectivity index (χ0) is 18.5. The Kier molecular flexibility index (Phi) is 5.91. The maximum Gasteiger partial charge on any atom is 0.220 e. The van der Waals surface area contributed by atoms with Gasteiger partial charge >= 0.3 is 0 Å². The SMILES string of the molecule is O=C(CCc1ncc(-c2ccc(Cl)cc2Cl)o1)NCc1ccccc1F. The number of amides is 1. The lowest BCUT2D eigenvalue weighted by atomic mass is 10.2. The fourth-order valence-corrected chi connectivity index (χ4v) is 2.89. The number of rotatable bonds is 6. The quantitative estimate of drug-likeness (QED) is 0.639. The van der Waals surface area contributed by atoms with Gasteiger partial charge in [-0.25, -0.2) is 9.37 Å². The monoisotopic (exact) mass is 392 g/mol. The summed E-state index contributed by atoms with van der Waals surface area (Å²) in [4.78, 5) is 16.1. The Balaban J connectivity index is 1.54. The van der Waals surface area contributed by atoms with Crippen LogP contribution in [0.3, 0.4) is 0 Å². The van der Waals surface area contributed by atoms with Crippen molar-refractivity contribution < 1.29 is 13.6 Å². The minimum atomic E-state index is -0.343. The molecule has 1 aromatic heterocycles. The summed E-state index contributed by atoms with van der Waals surface area (Å²) in [5, 5.41) is 3.67. The van der Waals surface area contributed by atoms with Crippen molar-refractivity contribution in [1.29, 1.82) is 0 Å². The number of hydrogen-bond acceptors (Lipinski definition) is 3. The van der Waals surface area contributed by atoms with E-state index >= 15 is 0 Å². The van der Waals surface area contributed by atoms with Gasteiger partial charge in [0.2, 0.25) is 5.91 Å². The lowest BCUT2D eigenvalue weighted by molar-refractivity contribution is -0.121. The van der Waals surface area contributed by atoms with Gasteiger partial charge in [0, 0.05) is 35.5 Å². The maximum atomic E-state index is 13.5. The molecule has 0 aliphatic heterocycles. The van der Waals surface area contributed by atoms with Gasteiger partial charge in [-0.15, -0.1) is 0 Å². The van der Waals surface area contributed by atoms with E-state index in [0.717, 1.165) is 0 Å². The number of carbonyl (C=O) groups is 1. The van der Waals surface area contributed by atoms with Crippen LogP contribution in [0.15, 0.2) is 53.1 Å². The van der Waals surface area contributed by atoms with Gasteiger partial charge in [-0.3, -0.25) is 4.79 Å². The van der Waals surface area contributed by atoms with Gasteiger partial charge in [-0.05, 0) is 24.3 Å². The van der Waals surface area contributed by atoms with Crippen LogP contribution in [0.25, 0.3) is 11.3 Å². The molecular weight excluding hydrogens is 378 g/mol. The molecule has 0 aliphatic carbocycles. The number of oxazole rings is 1. The Bertz CT molecular complexity index is 927. The summed E-state index contributed by atoms with van der Waals surface area (Å²) >= 11 is 12.0. The number of aryl methyl sites for hydroxylation is 1. The molecule has 0 aliphatic rings. The number of aromatic nitrogens is 1. The summed E-state index contributed by atoms with van der Waals surface area (Å²) in [5.41, 5.74) is 1.12. The first-order valence-electron chi connectivity index (χ1n) is 7.93. The number of carbonyl (C=O) groups excluding carboxylic acids is 1. The summed E-state index contributed by atoms with van der Waals surface area (Å²) in [6, 6.07) is 11.4. The minimum absolute atomic E-state index is 0.142. The fraction of sp³-hybridized carbons (Fsp3) is 0.158. The van der Waals surface area contributed by atoms with Gasteiger partial charge in [0.05, 0.1) is 11.2 Å². The summed E-state index contributed by atoms with van der Waals surface area (Å²) in [7, 11) is 0. The second-order valence-corrected chi connectivity index (χ2v) is 6.45. The van der Waals surface area contributed by atoms with Crippen LogP contribution >= 0.6 is 23.2 Å². The number of benzene rings is 2. The Labute approximate surface area is 160 Å². The highest BCUT2D eigenvalue weighted by Gasteiger charge is 2.12. The molecule has 0 unspecified atom stereocenters. The molecule has 26 heavy (non-hydrogen) atoms. The third-order valence-electron chi connectivity index (χ3n) is 3.75. The number of hydrogen-bond donors (Lipinski definition) is 1. The third kappa shape index (κ3) is 4.62. The van der Waals surface area contributed by atoms with Gasteiger partial charge in [-0.2, -0.15) is 0 Å². The van der Waals surface area contributed by atoms with Crippen molar-refractivity contribution in [2.75, 3.05) is 0 Å². The van der Waals surface area contributed by atoms with E-state index in [1.807, 2.05) is 0 Å². The van der Waals surface area contributed by atoms with Crippen LogP contribution in [0.4, 0.5) is 4.39 Å². The Morgan fingerprint density at radius 1 is 1.19 bits per heavy atom. The van der Waals surface area contributed by atoms with E-state index in [4.69, 9.17) is 27.6 Å². The molecule has 1 N–H and O–H groups in total. The number of nitrogens with zero attached hydrogens (tertiary/aromatic N) is 1. The molecule has 1 heterocycles. The average Bonchev–Trinajstić information content (AvgIpc) is 3.08. The predicted molar refractivity (Wildman–Crippen MR) is 98.5 cm³/mol. The van der Waals surface area contributed by atoms with E-state index < -0.39 is 0 Å². The molecule has 1 amide bonds. The molecule has 0 atom stereocenters. The van der Waals surface area contributed by atoms with Crippen molar-refractivity contribution in [2.24, 2.45) is 0 Å². The van der Waals surface area contributed by atoms with E-state index in [-0.39, 0.29) is 24.7 Å². The highest BCUT2D eigenvalue weighted by Crippen LogP contribution is 2.30. The molecule has 0 saturated heterocycles. The lowest BCUT2D eigenvalue weighted by Crippen LogP contribution is -2.23. The largest absolute Gasteiger partial charge is 0.441 e. The minimum Gasteiger partial charge on any atom is -0.441 e. The van der Waals surface area contributed by atoms with Gasteiger partial charge in [-0.1, -0.05) is 41.4 Å². The van der Waals surface area contributed by atoms with Crippen molar-refractivity contribution in [3.8, 4) is 11.3 Å². The molecule has 0 spiro atoms. The fourth-order valence-electron chi connectivity index (χ4n) is 2.38. The first-order chi connectivity index (χ1) is 12.5. The van der Waals surface area contributed by atoms with Crippen LogP contribution in [0.5, 0.6) is 0 Å². The van der Waals surface area contributed by atoms with Crippen LogP contribution in [0, 0.1) is 5.82 Å². The highest BCUT2D eigenvalue weighted by molar-refractivity contribution is 6.36. The smallest absolute Gasteiger partial charge is 0.220 e. The molecule has 134 valence electrons. The third-order valence-corrected chi connectivity index (χ3v) is 4.30. The maximum absolute atomic E-state index is 13.5. The summed E-state index contributed by atoms with van der Waals surface area (Å²) < 4.78 is 19.2. The molecule has 2 aromatic carbocycles. The van der Waals surface area contributed by atoms with Crippen LogP contribution < -0.4 is 5.32 Å². The molecule has 0 fully saturated rings. The zero-order valence-corrected chi connectivity index (χ0v) is 15.1. The van der Waals surface area contributed by atoms with E-state index in [0.29, 0.717) is 39.2 Å². The standard InChI is InChI=1S/C19H15Cl2FN2O2/c20-13-5-6-14(15(21)9-13)17-11-24-19(26-17)8-7-18(25)23-10-12-3-1-2-4-16(12)22/h1-6,9,11H,7-8,10H2,(H,23,25). The second-order valence-electron chi connectivity index (χ2n) is 5.61. The average molecular weight is 393 g/mol. The highest BCUT2D eigenvalue weighted by atomic mass is 35.5. The van der Waals surface area contributed by atoms with Crippen molar-refractivity contribution in [3.05, 3.63) is 76.0 Å². The second kappa shape index (κ2) is 8.34. The molecule has 7 heteroatoms. The number of halogens is 3. The molecule has 3 rings (SSSR count). The van der Waals surface area contributed by atoms with Gasteiger partial charge < -0.3 is 9.73 Å². The zero-order valence-electron chi connectivity index (χ0n) is 13.6.